The summed E-state index contributed by atoms with van der Waals surface area (Å²) in [6.45, 7) is 3.87. The first-order valence-electron chi connectivity index (χ1n) is 8.09. The fraction of sp³-hybridized carbons (Fsp3) is 0.438. The average Bonchev–Trinajstić information content (AvgIpc) is 3.26. The van der Waals surface area contributed by atoms with Crippen LogP contribution in [0.3, 0.4) is 0 Å². The van der Waals surface area contributed by atoms with Crippen LogP contribution in [0.1, 0.15) is 47.8 Å². The fourth-order valence-corrected chi connectivity index (χ4v) is 3.17. The lowest BCUT2D eigenvalue weighted by Gasteiger charge is -2.08. The van der Waals surface area contributed by atoms with Crippen molar-refractivity contribution < 1.29 is 9.32 Å². The minimum atomic E-state index is -0.322. The van der Waals surface area contributed by atoms with Crippen LogP contribution in [0.2, 0.25) is 0 Å². The number of nitrogens with one attached hydrogen (secondary N) is 1. The summed E-state index contributed by atoms with van der Waals surface area (Å²) in [4.78, 5) is 20.9. The Labute approximate surface area is 138 Å². The number of carbonyl (C=O) groups excluding carboxylic acids is 1. The monoisotopic (exact) mass is 326 g/mol. The zero-order valence-electron chi connectivity index (χ0n) is 13.6. The van der Waals surface area contributed by atoms with E-state index in [-0.39, 0.29) is 17.8 Å². The molecule has 4 rings (SSSR count). The molecule has 3 aromatic heterocycles. The van der Waals surface area contributed by atoms with Gasteiger partial charge in [-0.3, -0.25) is 4.79 Å². The molecule has 0 unspecified atom stereocenters. The van der Waals surface area contributed by atoms with Crippen molar-refractivity contribution in [2.75, 3.05) is 0 Å². The number of nitrogens with zero attached hydrogens (tertiary/aromatic N) is 5. The first kappa shape index (κ1) is 14.8. The van der Waals surface area contributed by atoms with Crippen LogP contribution >= 0.6 is 0 Å². The van der Waals surface area contributed by atoms with Crippen molar-refractivity contribution in [1.29, 1.82) is 0 Å². The highest BCUT2D eigenvalue weighted by Crippen LogP contribution is 2.22. The molecule has 124 valence electrons. The maximum absolute atomic E-state index is 12.2. The number of aromatic nitrogens is 5. The van der Waals surface area contributed by atoms with Crippen LogP contribution in [0.5, 0.6) is 0 Å². The molecule has 3 aromatic rings. The Morgan fingerprint density at radius 3 is 2.88 bits per heavy atom. The van der Waals surface area contributed by atoms with Gasteiger partial charge in [0.1, 0.15) is 0 Å². The molecule has 0 aliphatic heterocycles. The van der Waals surface area contributed by atoms with E-state index in [4.69, 9.17) is 4.52 Å². The second-order valence-electron chi connectivity index (χ2n) is 6.21. The standard InChI is InChI=1S/C16H18N6O2/c1-9-7-10(2)22-14(18-9)12(8-17-22)13-20-16(24-21-13)15(23)19-11-5-3-4-6-11/h7-8,11H,3-6H2,1-2H3,(H,19,23). The van der Waals surface area contributed by atoms with Gasteiger partial charge in [-0.1, -0.05) is 18.0 Å². The van der Waals surface area contributed by atoms with Gasteiger partial charge >= 0.3 is 11.8 Å². The Hall–Kier alpha value is -2.77. The summed E-state index contributed by atoms with van der Waals surface area (Å²) in [6, 6.07) is 2.15. The highest BCUT2D eigenvalue weighted by atomic mass is 16.5. The van der Waals surface area contributed by atoms with E-state index in [0.717, 1.165) is 37.1 Å². The van der Waals surface area contributed by atoms with Crippen molar-refractivity contribution in [2.24, 2.45) is 0 Å². The smallest absolute Gasteiger partial charge is 0.316 e. The third-order valence-electron chi connectivity index (χ3n) is 4.33. The summed E-state index contributed by atoms with van der Waals surface area (Å²) in [7, 11) is 0. The number of aryl methyl sites for hydroxylation is 2. The van der Waals surface area contributed by atoms with Crippen molar-refractivity contribution in [3.63, 3.8) is 0 Å². The van der Waals surface area contributed by atoms with Crippen molar-refractivity contribution in [1.82, 2.24) is 30.1 Å². The minimum Gasteiger partial charge on any atom is -0.345 e. The quantitative estimate of drug-likeness (QED) is 0.791. The van der Waals surface area contributed by atoms with Crippen LogP contribution in [0.4, 0.5) is 0 Å². The Bertz CT molecular complexity index is 907. The molecule has 1 amide bonds. The molecule has 1 aliphatic carbocycles. The lowest BCUT2D eigenvalue weighted by Crippen LogP contribution is -2.32. The lowest BCUT2D eigenvalue weighted by molar-refractivity contribution is 0.0893. The van der Waals surface area contributed by atoms with Gasteiger partial charge in [0.15, 0.2) is 5.65 Å². The average molecular weight is 326 g/mol. The lowest BCUT2D eigenvalue weighted by atomic mass is 10.2. The predicted molar refractivity (Wildman–Crippen MR) is 85.5 cm³/mol. The maximum atomic E-state index is 12.2. The first-order chi connectivity index (χ1) is 11.6. The summed E-state index contributed by atoms with van der Waals surface area (Å²) in [5, 5.41) is 11.2. The van der Waals surface area contributed by atoms with Crippen LogP contribution in [-0.4, -0.2) is 36.7 Å². The van der Waals surface area contributed by atoms with Gasteiger partial charge in [0.2, 0.25) is 5.82 Å². The van der Waals surface area contributed by atoms with E-state index in [9.17, 15) is 4.79 Å². The second kappa shape index (κ2) is 5.70. The van der Waals surface area contributed by atoms with Crippen LogP contribution < -0.4 is 5.32 Å². The largest absolute Gasteiger partial charge is 0.345 e. The highest BCUT2D eigenvalue weighted by Gasteiger charge is 2.23. The molecule has 24 heavy (non-hydrogen) atoms. The molecule has 8 heteroatoms. The van der Waals surface area contributed by atoms with Crippen LogP contribution in [0, 0.1) is 13.8 Å². The molecular formula is C16H18N6O2. The molecule has 0 bridgehead atoms. The molecule has 1 N–H and O–H groups in total. The van der Waals surface area contributed by atoms with Crippen LogP contribution in [0.25, 0.3) is 17.0 Å². The number of hydrogen-bond donors (Lipinski definition) is 1. The van der Waals surface area contributed by atoms with Gasteiger partial charge < -0.3 is 9.84 Å². The molecule has 1 fully saturated rings. The third-order valence-corrected chi connectivity index (χ3v) is 4.33. The SMILES string of the molecule is Cc1cc(C)n2ncc(-c3noc(C(=O)NC4CCCC4)n3)c2n1. The highest BCUT2D eigenvalue weighted by molar-refractivity contribution is 5.90. The summed E-state index contributed by atoms with van der Waals surface area (Å²) < 4.78 is 6.85. The van der Waals surface area contributed by atoms with E-state index in [1.165, 1.54) is 0 Å². The molecule has 0 atom stereocenters. The number of hydrogen-bond acceptors (Lipinski definition) is 6. The minimum absolute atomic E-state index is 0.0272. The van der Waals surface area contributed by atoms with E-state index in [0.29, 0.717) is 17.0 Å². The van der Waals surface area contributed by atoms with Crippen molar-refractivity contribution in [3.05, 3.63) is 29.5 Å². The zero-order chi connectivity index (χ0) is 16.7. The van der Waals surface area contributed by atoms with Crippen molar-refractivity contribution in [3.8, 4) is 11.4 Å². The van der Waals surface area contributed by atoms with Gasteiger partial charge in [0.25, 0.3) is 0 Å². The zero-order valence-corrected chi connectivity index (χ0v) is 13.6. The molecule has 1 aliphatic rings. The van der Waals surface area contributed by atoms with Crippen molar-refractivity contribution >= 4 is 11.6 Å². The molecule has 8 nitrogen and oxygen atoms in total. The maximum Gasteiger partial charge on any atom is 0.316 e. The molecule has 1 saturated carbocycles. The van der Waals surface area contributed by atoms with Crippen molar-refractivity contribution in [2.45, 2.75) is 45.6 Å². The van der Waals surface area contributed by atoms with E-state index in [1.54, 1.807) is 10.7 Å². The van der Waals surface area contributed by atoms with Gasteiger partial charge in [-0.15, -0.1) is 0 Å². The first-order valence-corrected chi connectivity index (χ1v) is 8.09. The Balaban J connectivity index is 1.64. The van der Waals surface area contributed by atoms with Crippen LogP contribution in [0.15, 0.2) is 16.8 Å². The summed E-state index contributed by atoms with van der Waals surface area (Å²) in [5.41, 5.74) is 3.14. The molecule has 0 radical (unpaired) electrons. The summed E-state index contributed by atoms with van der Waals surface area (Å²) >= 11 is 0. The van der Waals surface area contributed by atoms with Crippen LogP contribution in [-0.2, 0) is 0 Å². The number of fused-ring (bicyclic) bond motifs is 1. The molecule has 0 saturated heterocycles. The van der Waals surface area contributed by atoms with Gasteiger partial charge in [0.05, 0.1) is 11.8 Å². The van der Waals surface area contributed by atoms with E-state index in [2.05, 4.69) is 25.5 Å². The predicted octanol–water partition coefficient (Wildman–Crippen LogP) is 2.07. The number of carbonyl (C=O) groups is 1. The summed E-state index contributed by atoms with van der Waals surface area (Å²) in [5.74, 6) is -0.0304. The second-order valence-corrected chi connectivity index (χ2v) is 6.21. The van der Waals surface area contributed by atoms with E-state index < -0.39 is 0 Å². The molecular weight excluding hydrogens is 308 g/mol. The fourth-order valence-electron chi connectivity index (χ4n) is 3.17. The van der Waals surface area contributed by atoms with Gasteiger partial charge in [-0.25, -0.2) is 9.50 Å². The van der Waals surface area contributed by atoms with E-state index >= 15 is 0 Å². The molecule has 0 aromatic carbocycles. The number of amides is 1. The molecule has 0 spiro atoms. The molecule has 3 heterocycles. The van der Waals surface area contributed by atoms with Gasteiger partial charge in [-0.05, 0) is 32.8 Å². The normalized spacial score (nSPS) is 15.2. The van der Waals surface area contributed by atoms with E-state index in [1.807, 2.05) is 19.9 Å². The van der Waals surface area contributed by atoms with Gasteiger partial charge in [-0.2, -0.15) is 10.1 Å². The Morgan fingerprint density at radius 2 is 2.08 bits per heavy atom. The Kier molecular flexibility index (Phi) is 3.51. The van der Waals surface area contributed by atoms with Gasteiger partial charge in [0, 0.05) is 17.4 Å². The topological polar surface area (TPSA) is 98.2 Å². The summed E-state index contributed by atoms with van der Waals surface area (Å²) in [6.07, 6.45) is 5.93. The Morgan fingerprint density at radius 1 is 1.29 bits per heavy atom. The number of rotatable bonds is 3. The third kappa shape index (κ3) is 2.53.